The van der Waals surface area contributed by atoms with Gasteiger partial charge in [-0.3, -0.25) is 4.68 Å². The number of aromatic nitrogens is 4. The molecule has 0 bridgehead atoms. The Bertz CT molecular complexity index is 603. The van der Waals surface area contributed by atoms with Gasteiger partial charge in [-0.2, -0.15) is 5.10 Å². The first kappa shape index (κ1) is 12.9. The highest BCUT2D eigenvalue weighted by Gasteiger charge is 2.31. The summed E-state index contributed by atoms with van der Waals surface area (Å²) in [6, 6.07) is 0.331. The number of hydrogen-bond acceptors (Lipinski definition) is 3. The number of rotatable bonds is 3. The fourth-order valence-corrected chi connectivity index (χ4v) is 3.18. The zero-order valence-corrected chi connectivity index (χ0v) is 12.3. The van der Waals surface area contributed by atoms with Crippen LogP contribution in [0.15, 0.2) is 0 Å². The van der Waals surface area contributed by atoms with E-state index in [1.807, 2.05) is 18.7 Å². The maximum absolute atomic E-state index is 5.92. The lowest BCUT2D eigenvalue weighted by molar-refractivity contribution is 0.107. The van der Waals surface area contributed by atoms with Crippen molar-refractivity contribution in [3.05, 3.63) is 11.5 Å². The van der Waals surface area contributed by atoms with Gasteiger partial charge in [0, 0.05) is 26.0 Å². The maximum Gasteiger partial charge on any atom is 0.159 e. The van der Waals surface area contributed by atoms with Crippen LogP contribution in [-0.2, 0) is 18.2 Å². The van der Waals surface area contributed by atoms with Crippen molar-refractivity contribution in [1.29, 1.82) is 0 Å². The number of hydrogen-bond donors (Lipinski definition) is 0. The minimum absolute atomic E-state index is 0.210. The summed E-state index contributed by atoms with van der Waals surface area (Å²) in [5, 5.41) is 4.47. The highest BCUT2D eigenvalue weighted by Crippen LogP contribution is 2.32. The standard InChI is InChI=1S/C13H19ClN4O/c1-8-12-13(17(3)16-8)18(11(15-12)4-6-14)10-5-7-19-9(10)2/h9-10H,4-7H2,1-3H3. The maximum atomic E-state index is 5.92. The third-order valence-corrected chi connectivity index (χ3v) is 4.08. The van der Waals surface area contributed by atoms with E-state index >= 15 is 0 Å². The van der Waals surface area contributed by atoms with E-state index in [-0.39, 0.29) is 6.10 Å². The predicted octanol–water partition coefficient (Wildman–Crippen LogP) is 2.21. The molecule has 104 valence electrons. The second-order valence-electron chi connectivity index (χ2n) is 5.15. The van der Waals surface area contributed by atoms with Gasteiger partial charge in [-0.05, 0) is 20.3 Å². The summed E-state index contributed by atoms with van der Waals surface area (Å²) in [5.41, 5.74) is 3.04. The molecule has 3 rings (SSSR count). The molecule has 0 saturated carbocycles. The highest BCUT2D eigenvalue weighted by atomic mass is 35.5. The Morgan fingerprint density at radius 2 is 2.26 bits per heavy atom. The third kappa shape index (κ3) is 1.96. The van der Waals surface area contributed by atoms with Crippen molar-refractivity contribution in [3.63, 3.8) is 0 Å². The lowest BCUT2D eigenvalue weighted by atomic mass is 10.1. The Balaban J connectivity index is 2.20. The van der Waals surface area contributed by atoms with Crippen LogP contribution in [0.2, 0.25) is 0 Å². The normalized spacial score (nSPS) is 23.6. The van der Waals surface area contributed by atoms with Crippen LogP contribution in [0.4, 0.5) is 0 Å². The molecular formula is C13H19ClN4O. The van der Waals surface area contributed by atoms with Gasteiger partial charge in [-0.25, -0.2) is 4.98 Å². The zero-order chi connectivity index (χ0) is 13.6. The van der Waals surface area contributed by atoms with Crippen LogP contribution < -0.4 is 0 Å². The first-order valence-electron chi connectivity index (χ1n) is 6.71. The van der Waals surface area contributed by atoms with Crippen molar-refractivity contribution < 1.29 is 4.74 Å². The van der Waals surface area contributed by atoms with Crippen LogP contribution in [0.5, 0.6) is 0 Å². The summed E-state index contributed by atoms with van der Waals surface area (Å²) in [7, 11) is 1.97. The van der Waals surface area contributed by atoms with E-state index in [1.165, 1.54) is 0 Å². The van der Waals surface area contributed by atoms with Crippen molar-refractivity contribution >= 4 is 22.8 Å². The van der Waals surface area contributed by atoms with Crippen LogP contribution in [0.3, 0.4) is 0 Å². The molecule has 0 N–H and O–H groups in total. The highest BCUT2D eigenvalue weighted by molar-refractivity contribution is 6.17. The molecule has 0 spiro atoms. The molecular weight excluding hydrogens is 264 g/mol. The number of fused-ring (bicyclic) bond motifs is 1. The molecule has 2 unspecified atom stereocenters. The van der Waals surface area contributed by atoms with E-state index in [9.17, 15) is 0 Å². The van der Waals surface area contributed by atoms with Crippen LogP contribution in [0.1, 0.15) is 30.9 Å². The first-order valence-corrected chi connectivity index (χ1v) is 7.25. The summed E-state index contributed by atoms with van der Waals surface area (Å²) in [6.07, 6.45) is 2.01. The minimum Gasteiger partial charge on any atom is -0.376 e. The van der Waals surface area contributed by atoms with Gasteiger partial charge < -0.3 is 9.30 Å². The smallest absolute Gasteiger partial charge is 0.159 e. The Morgan fingerprint density at radius 1 is 1.47 bits per heavy atom. The molecule has 19 heavy (non-hydrogen) atoms. The molecule has 1 fully saturated rings. The largest absolute Gasteiger partial charge is 0.376 e. The molecule has 0 aliphatic carbocycles. The third-order valence-electron chi connectivity index (χ3n) is 3.89. The van der Waals surface area contributed by atoms with Crippen molar-refractivity contribution in [1.82, 2.24) is 19.3 Å². The monoisotopic (exact) mass is 282 g/mol. The Hall–Kier alpha value is -1.07. The van der Waals surface area contributed by atoms with Gasteiger partial charge in [-0.15, -0.1) is 11.6 Å². The van der Waals surface area contributed by atoms with Crippen LogP contribution in [0.25, 0.3) is 11.2 Å². The minimum atomic E-state index is 0.210. The van der Waals surface area contributed by atoms with Gasteiger partial charge in [0.15, 0.2) is 5.65 Å². The van der Waals surface area contributed by atoms with Crippen LogP contribution in [0, 0.1) is 6.92 Å². The second kappa shape index (κ2) is 4.80. The average Bonchev–Trinajstić information content (AvgIpc) is 2.99. The fraction of sp³-hybridized carbons (Fsp3) is 0.692. The number of aryl methyl sites for hydroxylation is 3. The Labute approximate surface area is 117 Å². The van der Waals surface area contributed by atoms with Crippen molar-refractivity contribution in [2.45, 2.75) is 38.8 Å². The van der Waals surface area contributed by atoms with E-state index in [4.69, 9.17) is 21.3 Å². The predicted molar refractivity (Wildman–Crippen MR) is 74.7 cm³/mol. The second-order valence-corrected chi connectivity index (χ2v) is 5.53. The molecule has 0 radical (unpaired) electrons. The number of halogens is 1. The SMILES string of the molecule is Cc1nn(C)c2c1nc(CCCl)n2C1CCOC1C. The Morgan fingerprint density at radius 3 is 2.89 bits per heavy atom. The summed E-state index contributed by atoms with van der Waals surface area (Å²) < 4.78 is 9.91. The molecule has 0 aromatic carbocycles. The zero-order valence-electron chi connectivity index (χ0n) is 11.6. The fourth-order valence-electron chi connectivity index (χ4n) is 3.01. The quantitative estimate of drug-likeness (QED) is 0.811. The first-order chi connectivity index (χ1) is 9.13. The van der Waals surface area contributed by atoms with E-state index in [0.717, 1.165) is 42.1 Å². The van der Waals surface area contributed by atoms with Gasteiger partial charge in [0.05, 0.1) is 17.8 Å². The topological polar surface area (TPSA) is 44.9 Å². The van der Waals surface area contributed by atoms with E-state index in [2.05, 4.69) is 16.6 Å². The molecule has 6 heteroatoms. The molecule has 0 amide bonds. The summed E-state index contributed by atoms with van der Waals surface area (Å²) >= 11 is 5.92. The van der Waals surface area contributed by atoms with Crippen LogP contribution >= 0.6 is 11.6 Å². The summed E-state index contributed by atoms with van der Waals surface area (Å²) in [4.78, 5) is 4.74. The molecule has 2 aromatic heterocycles. The van der Waals surface area contributed by atoms with Crippen LogP contribution in [-0.4, -0.2) is 37.9 Å². The van der Waals surface area contributed by atoms with Crippen molar-refractivity contribution in [3.8, 4) is 0 Å². The van der Waals surface area contributed by atoms with Gasteiger partial charge in [0.2, 0.25) is 0 Å². The molecule has 1 saturated heterocycles. The molecule has 1 aliphatic heterocycles. The summed E-state index contributed by atoms with van der Waals surface area (Å²) in [5.74, 6) is 1.63. The average molecular weight is 283 g/mol. The molecule has 5 nitrogen and oxygen atoms in total. The Kier molecular flexibility index (Phi) is 3.27. The number of nitrogens with zero attached hydrogens (tertiary/aromatic N) is 4. The molecule has 2 aromatic rings. The van der Waals surface area contributed by atoms with E-state index in [1.54, 1.807) is 0 Å². The molecule has 1 aliphatic rings. The lowest BCUT2D eigenvalue weighted by Gasteiger charge is -2.19. The van der Waals surface area contributed by atoms with Crippen molar-refractivity contribution in [2.75, 3.05) is 12.5 Å². The molecule has 2 atom stereocenters. The van der Waals surface area contributed by atoms with E-state index in [0.29, 0.717) is 11.9 Å². The van der Waals surface area contributed by atoms with Gasteiger partial charge in [0.25, 0.3) is 0 Å². The number of ether oxygens (including phenoxy) is 1. The van der Waals surface area contributed by atoms with E-state index < -0.39 is 0 Å². The van der Waals surface area contributed by atoms with Crippen molar-refractivity contribution in [2.24, 2.45) is 7.05 Å². The number of imidazole rings is 1. The summed E-state index contributed by atoms with van der Waals surface area (Å²) in [6.45, 7) is 4.93. The number of alkyl halides is 1. The van der Waals surface area contributed by atoms with Gasteiger partial charge in [-0.1, -0.05) is 0 Å². The van der Waals surface area contributed by atoms with Gasteiger partial charge in [0.1, 0.15) is 11.3 Å². The van der Waals surface area contributed by atoms with Gasteiger partial charge >= 0.3 is 0 Å². The lowest BCUT2D eigenvalue weighted by Crippen LogP contribution is -2.20. The molecule has 3 heterocycles.